The lowest BCUT2D eigenvalue weighted by Crippen LogP contribution is -2.29. The first-order valence-electron chi connectivity index (χ1n) is 10.9. The average Bonchev–Trinajstić information content (AvgIpc) is 2.87. The number of pyridine rings is 1. The van der Waals surface area contributed by atoms with E-state index in [4.69, 9.17) is 9.72 Å². The largest absolute Gasteiger partial charge is 0.497 e. The molecule has 0 radical (unpaired) electrons. The number of aryl methyl sites for hydroxylation is 2. The molecule has 0 aliphatic carbocycles. The van der Waals surface area contributed by atoms with Gasteiger partial charge in [-0.1, -0.05) is 24.3 Å². The van der Waals surface area contributed by atoms with Crippen LogP contribution in [0.25, 0.3) is 33.3 Å². The summed E-state index contributed by atoms with van der Waals surface area (Å²) in [5.41, 5.74) is 1.83. The molecule has 0 unspecified atom stereocenters. The summed E-state index contributed by atoms with van der Waals surface area (Å²) in [5, 5.41) is 0.509. The van der Waals surface area contributed by atoms with Crippen molar-refractivity contribution in [2.24, 2.45) is 7.05 Å². The second-order valence-corrected chi connectivity index (χ2v) is 8.10. The molecule has 5 rings (SSSR count). The smallest absolute Gasteiger partial charge is 0.267 e. The number of nitrogens with zero attached hydrogens (tertiary/aromatic N) is 3. The van der Waals surface area contributed by atoms with Crippen molar-refractivity contribution in [1.82, 2.24) is 14.1 Å². The van der Waals surface area contributed by atoms with Gasteiger partial charge in [0.2, 0.25) is 5.43 Å². The molecule has 0 saturated carbocycles. The Hall–Kier alpha value is -4.26. The number of aromatic nitrogens is 3. The van der Waals surface area contributed by atoms with Gasteiger partial charge >= 0.3 is 0 Å². The lowest BCUT2D eigenvalue weighted by atomic mass is 10.1. The van der Waals surface area contributed by atoms with Crippen molar-refractivity contribution >= 4 is 21.9 Å². The Morgan fingerprint density at radius 1 is 0.941 bits per heavy atom. The maximum Gasteiger partial charge on any atom is 0.267 e. The highest BCUT2D eigenvalue weighted by Crippen LogP contribution is 2.21. The zero-order valence-corrected chi connectivity index (χ0v) is 18.8. The van der Waals surface area contributed by atoms with E-state index >= 15 is 0 Å². The minimum atomic E-state index is -0.413. The molecule has 0 aliphatic heterocycles. The van der Waals surface area contributed by atoms with E-state index < -0.39 is 5.56 Å². The Kier molecular flexibility index (Phi) is 5.45. The van der Waals surface area contributed by atoms with E-state index in [-0.39, 0.29) is 16.6 Å². The molecule has 0 amide bonds. The maximum absolute atomic E-state index is 13.7. The zero-order valence-electron chi connectivity index (χ0n) is 18.8. The average molecular weight is 455 g/mol. The van der Waals surface area contributed by atoms with Crippen LogP contribution in [-0.4, -0.2) is 21.2 Å². The summed E-state index contributed by atoms with van der Waals surface area (Å²) in [7, 11) is 3.39. The number of hydrogen-bond donors (Lipinski definition) is 0. The van der Waals surface area contributed by atoms with E-state index in [1.165, 1.54) is 16.7 Å². The number of ether oxygens (including phenoxy) is 1. The van der Waals surface area contributed by atoms with Crippen LogP contribution in [0.2, 0.25) is 0 Å². The van der Waals surface area contributed by atoms with Crippen LogP contribution in [0.4, 0.5) is 4.39 Å². The molecule has 0 aliphatic rings. The third kappa shape index (κ3) is 3.65. The summed E-state index contributed by atoms with van der Waals surface area (Å²) in [5.74, 6) is 0.752. The summed E-state index contributed by atoms with van der Waals surface area (Å²) in [6.07, 6.45) is 0.541. The Bertz CT molecular complexity index is 1640. The zero-order chi connectivity index (χ0) is 23.8. The highest BCUT2D eigenvalue weighted by atomic mass is 19.1. The molecule has 34 heavy (non-hydrogen) atoms. The number of benzene rings is 3. The van der Waals surface area contributed by atoms with E-state index in [2.05, 4.69) is 0 Å². The van der Waals surface area contributed by atoms with Crippen LogP contribution in [-0.2, 0) is 20.0 Å². The Labute approximate surface area is 194 Å². The number of halogens is 1. The van der Waals surface area contributed by atoms with Gasteiger partial charge in [0.25, 0.3) is 5.56 Å². The van der Waals surface area contributed by atoms with Gasteiger partial charge in [-0.05, 0) is 60.5 Å². The molecule has 6 nitrogen and oxygen atoms in total. The first-order valence-corrected chi connectivity index (χ1v) is 10.9. The maximum atomic E-state index is 13.7. The predicted octanol–water partition coefficient (Wildman–Crippen LogP) is 4.31. The van der Waals surface area contributed by atoms with Crippen LogP contribution in [0.15, 0.2) is 82.4 Å². The summed E-state index contributed by atoms with van der Waals surface area (Å²) in [4.78, 5) is 31.8. The Morgan fingerprint density at radius 2 is 1.65 bits per heavy atom. The van der Waals surface area contributed by atoms with Crippen LogP contribution in [0, 0.1) is 5.82 Å². The van der Waals surface area contributed by atoms with Gasteiger partial charge in [-0.25, -0.2) is 9.37 Å². The van der Waals surface area contributed by atoms with Crippen molar-refractivity contribution in [3.63, 3.8) is 0 Å². The van der Waals surface area contributed by atoms with E-state index in [1.54, 1.807) is 43.0 Å². The van der Waals surface area contributed by atoms with Crippen molar-refractivity contribution in [3.8, 4) is 17.1 Å². The number of fused-ring (bicyclic) bond motifs is 2. The van der Waals surface area contributed by atoms with E-state index in [1.807, 2.05) is 36.4 Å². The molecule has 0 atom stereocenters. The van der Waals surface area contributed by atoms with Gasteiger partial charge < -0.3 is 9.30 Å². The standard InChI is InChI=1S/C27H22FN3O3/c1-30-22-6-4-3-5-21(22)24(32)23-26(30)29-25(18-9-11-19(28)12-10-18)31(27(23)33)16-15-17-7-13-20(34-2)14-8-17/h3-14H,15-16H2,1-2H3. The fourth-order valence-electron chi connectivity index (χ4n) is 4.25. The van der Waals surface area contributed by atoms with Crippen LogP contribution < -0.4 is 15.7 Å². The van der Waals surface area contributed by atoms with Gasteiger partial charge in [0.15, 0.2) is 5.65 Å². The van der Waals surface area contributed by atoms with Crippen LogP contribution in [0.5, 0.6) is 5.75 Å². The topological polar surface area (TPSA) is 66.1 Å². The van der Waals surface area contributed by atoms with Crippen molar-refractivity contribution in [1.29, 1.82) is 0 Å². The summed E-state index contributed by atoms with van der Waals surface area (Å²) in [6, 6.07) is 20.6. The van der Waals surface area contributed by atoms with Crippen LogP contribution in [0.3, 0.4) is 0 Å². The molecule has 3 aromatic carbocycles. The van der Waals surface area contributed by atoms with Gasteiger partial charge in [0, 0.05) is 24.5 Å². The molecule has 0 bridgehead atoms. The molecular weight excluding hydrogens is 433 g/mol. The van der Waals surface area contributed by atoms with Gasteiger partial charge in [-0.2, -0.15) is 0 Å². The molecule has 5 aromatic rings. The Morgan fingerprint density at radius 3 is 2.35 bits per heavy atom. The normalized spacial score (nSPS) is 11.3. The van der Waals surface area contributed by atoms with Crippen LogP contribution in [0.1, 0.15) is 5.56 Å². The van der Waals surface area contributed by atoms with Gasteiger partial charge in [-0.3, -0.25) is 14.2 Å². The quantitative estimate of drug-likeness (QED) is 0.371. The van der Waals surface area contributed by atoms with E-state index in [9.17, 15) is 14.0 Å². The first kappa shape index (κ1) is 21.6. The summed E-state index contributed by atoms with van der Waals surface area (Å²) >= 11 is 0. The predicted molar refractivity (Wildman–Crippen MR) is 131 cm³/mol. The molecular formula is C27H22FN3O3. The number of para-hydroxylation sites is 1. The lowest BCUT2D eigenvalue weighted by Gasteiger charge is -2.16. The van der Waals surface area contributed by atoms with Crippen LogP contribution >= 0.6 is 0 Å². The monoisotopic (exact) mass is 455 g/mol. The molecule has 2 heterocycles. The number of hydrogen-bond acceptors (Lipinski definition) is 4. The van der Waals surface area contributed by atoms with Crippen molar-refractivity contribution in [2.45, 2.75) is 13.0 Å². The fraction of sp³-hybridized carbons (Fsp3) is 0.148. The molecule has 7 heteroatoms. The molecule has 0 spiro atoms. The highest BCUT2D eigenvalue weighted by molar-refractivity contribution is 5.91. The SMILES string of the molecule is COc1ccc(CCn2c(-c3ccc(F)cc3)nc3c(c(=O)c4ccccc4n3C)c2=O)cc1. The summed E-state index contributed by atoms with van der Waals surface area (Å²) < 4.78 is 22.1. The molecule has 0 N–H and O–H groups in total. The van der Waals surface area contributed by atoms with E-state index in [0.29, 0.717) is 40.9 Å². The van der Waals surface area contributed by atoms with Gasteiger partial charge in [0.05, 0.1) is 12.6 Å². The summed E-state index contributed by atoms with van der Waals surface area (Å²) in [6.45, 7) is 0.302. The first-order chi connectivity index (χ1) is 16.5. The number of rotatable bonds is 5. The number of methoxy groups -OCH3 is 1. The fourth-order valence-corrected chi connectivity index (χ4v) is 4.25. The molecule has 0 fully saturated rings. The van der Waals surface area contributed by atoms with Crippen molar-refractivity contribution < 1.29 is 9.13 Å². The molecule has 0 saturated heterocycles. The van der Waals surface area contributed by atoms with Crippen molar-refractivity contribution in [2.75, 3.05) is 7.11 Å². The van der Waals surface area contributed by atoms with Gasteiger partial charge in [-0.15, -0.1) is 0 Å². The van der Waals surface area contributed by atoms with E-state index in [0.717, 1.165) is 11.3 Å². The second kappa shape index (κ2) is 8.59. The third-order valence-electron chi connectivity index (χ3n) is 6.09. The Balaban J connectivity index is 1.74. The second-order valence-electron chi connectivity index (χ2n) is 8.10. The molecule has 2 aromatic heterocycles. The highest BCUT2D eigenvalue weighted by Gasteiger charge is 2.19. The van der Waals surface area contributed by atoms with Gasteiger partial charge in [0.1, 0.15) is 22.8 Å². The van der Waals surface area contributed by atoms with Crippen molar-refractivity contribution in [3.05, 3.63) is 105 Å². The third-order valence-corrected chi connectivity index (χ3v) is 6.09. The lowest BCUT2D eigenvalue weighted by molar-refractivity contribution is 0.414. The molecule has 170 valence electrons. The minimum Gasteiger partial charge on any atom is -0.497 e. The minimum absolute atomic E-state index is 0.0433.